The topological polar surface area (TPSA) is 34.1 Å². The predicted octanol–water partition coefficient (Wildman–Crippen LogP) is 1.67. The monoisotopic (exact) mass is 360 g/mol. The summed E-state index contributed by atoms with van der Waals surface area (Å²) < 4.78 is 0.762. The molecule has 2 nitrogen and oxygen atoms in total. The van der Waals surface area contributed by atoms with Crippen LogP contribution < -0.4 is 10.4 Å². The first-order chi connectivity index (χ1) is 7.58. The molecule has 0 saturated heterocycles. The van der Waals surface area contributed by atoms with Crippen molar-refractivity contribution in [3.05, 3.63) is 22.6 Å². The maximum absolute atomic E-state index is 11.5. The standard InChI is InChI=1S/C11H5IO2S2/c1-4-5-2-8-6(9(12)11(14)16-8)3-7(5)15-10(4)13/h2-3H,1H3. The Morgan fingerprint density at radius 1 is 1.00 bits per heavy atom. The Bertz CT molecular complexity index is 616. The molecule has 2 heterocycles. The van der Waals surface area contributed by atoms with E-state index < -0.39 is 0 Å². The molecular formula is C11H5IO2S2. The van der Waals surface area contributed by atoms with Crippen molar-refractivity contribution in [2.45, 2.75) is 16.7 Å². The summed E-state index contributed by atoms with van der Waals surface area (Å²) in [7, 11) is 0. The number of carbonyl (C=O) groups is 2. The number of hydrogen-bond donors (Lipinski definition) is 0. The first-order valence-electron chi connectivity index (χ1n) is 4.57. The van der Waals surface area contributed by atoms with Crippen LogP contribution in [-0.4, -0.2) is 10.2 Å². The number of hydrogen-bond acceptors (Lipinski definition) is 4. The molecule has 0 aromatic heterocycles. The molecule has 5 heteroatoms. The lowest BCUT2D eigenvalue weighted by Crippen LogP contribution is -2.12. The summed E-state index contributed by atoms with van der Waals surface area (Å²) in [4.78, 5) is 25.0. The molecule has 0 aliphatic carbocycles. The predicted molar refractivity (Wildman–Crippen MR) is 73.9 cm³/mol. The molecule has 16 heavy (non-hydrogen) atoms. The molecule has 2 aliphatic rings. The van der Waals surface area contributed by atoms with Gasteiger partial charge in [0.15, 0.2) is 0 Å². The first kappa shape index (κ1) is 10.9. The summed E-state index contributed by atoms with van der Waals surface area (Å²) in [5.41, 5.74) is 0.790. The van der Waals surface area contributed by atoms with Gasteiger partial charge in [0.05, 0.1) is 3.58 Å². The Hall–Kier alpha value is -0.270. The molecule has 80 valence electrons. The molecule has 0 radical (unpaired) electrons. The number of halogens is 1. The Labute approximate surface area is 114 Å². The lowest BCUT2D eigenvalue weighted by molar-refractivity contribution is -0.106. The molecule has 0 unspecified atom stereocenters. The third kappa shape index (κ3) is 1.41. The van der Waals surface area contributed by atoms with Crippen molar-refractivity contribution >= 4 is 65.5 Å². The Balaban J connectivity index is 2.41. The van der Waals surface area contributed by atoms with Gasteiger partial charge < -0.3 is 0 Å². The fraction of sp³-hybridized carbons (Fsp3) is 0.0909. The third-order valence-corrected chi connectivity index (χ3v) is 6.05. The quantitative estimate of drug-likeness (QED) is 0.660. The van der Waals surface area contributed by atoms with E-state index in [0.29, 0.717) is 0 Å². The van der Waals surface area contributed by atoms with Gasteiger partial charge in [-0.25, -0.2) is 0 Å². The second-order valence-electron chi connectivity index (χ2n) is 3.56. The third-order valence-electron chi connectivity index (χ3n) is 2.61. The number of carbonyl (C=O) groups excluding carboxylic acids is 2. The van der Waals surface area contributed by atoms with E-state index in [0.717, 1.165) is 29.4 Å². The SMILES string of the molecule is CC1=c2cc3c(cc2SC1=O)=C(I)C(=O)S3. The van der Waals surface area contributed by atoms with Crippen LogP contribution in [0.25, 0.3) is 9.15 Å². The minimum Gasteiger partial charge on any atom is -0.282 e. The minimum atomic E-state index is 0.105. The summed E-state index contributed by atoms with van der Waals surface area (Å²) in [5, 5.41) is 2.18. The highest BCUT2D eigenvalue weighted by molar-refractivity contribution is 14.1. The van der Waals surface area contributed by atoms with E-state index in [9.17, 15) is 9.59 Å². The van der Waals surface area contributed by atoms with Crippen LogP contribution in [0.1, 0.15) is 6.92 Å². The summed E-state index contributed by atoms with van der Waals surface area (Å²) >= 11 is 4.58. The van der Waals surface area contributed by atoms with Crippen molar-refractivity contribution in [1.29, 1.82) is 0 Å². The van der Waals surface area contributed by atoms with Crippen molar-refractivity contribution in [1.82, 2.24) is 0 Å². The van der Waals surface area contributed by atoms with Crippen LogP contribution in [0.3, 0.4) is 0 Å². The summed E-state index contributed by atoms with van der Waals surface area (Å²) in [6.07, 6.45) is 0. The zero-order chi connectivity index (χ0) is 11.4. The molecule has 0 saturated carbocycles. The average molecular weight is 360 g/mol. The Kier molecular flexibility index (Phi) is 2.45. The molecule has 3 rings (SSSR count). The van der Waals surface area contributed by atoms with Crippen LogP contribution in [0.2, 0.25) is 0 Å². The molecule has 0 fully saturated rings. The van der Waals surface area contributed by atoms with Gasteiger partial charge in [-0.3, -0.25) is 9.59 Å². The summed E-state index contributed by atoms with van der Waals surface area (Å²) in [5.74, 6) is 0. The molecule has 0 spiro atoms. The minimum absolute atomic E-state index is 0.105. The maximum Gasteiger partial charge on any atom is 0.230 e. The van der Waals surface area contributed by atoms with Gasteiger partial charge >= 0.3 is 0 Å². The molecular weight excluding hydrogens is 355 g/mol. The van der Waals surface area contributed by atoms with Gasteiger partial charge in [0, 0.05) is 20.6 Å². The summed E-state index contributed by atoms with van der Waals surface area (Å²) in [6, 6.07) is 3.93. The van der Waals surface area contributed by atoms with Crippen molar-refractivity contribution in [3.63, 3.8) is 0 Å². The van der Waals surface area contributed by atoms with Gasteiger partial charge in [-0.2, -0.15) is 0 Å². The number of benzene rings is 1. The van der Waals surface area contributed by atoms with E-state index in [-0.39, 0.29) is 10.2 Å². The number of fused-ring (bicyclic) bond motifs is 2. The zero-order valence-electron chi connectivity index (χ0n) is 8.17. The molecule has 0 amide bonds. The average Bonchev–Trinajstić information content (AvgIpc) is 2.67. The molecule has 0 atom stereocenters. The van der Waals surface area contributed by atoms with Gasteiger partial charge in [0.1, 0.15) is 0 Å². The smallest absolute Gasteiger partial charge is 0.230 e. The van der Waals surface area contributed by atoms with E-state index in [1.54, 1.807) is 0 Å². The van der Waals surface area contributed by atoms with Crippen LogP contribution in [0.4, 0.5) is 0 Å². The van der Waals surface area contributed by atoms with E-state index in [1.165, 1.54) is 23.5 Å². The van der Waals surface area contributed by atoms with Crippen LogP contribution >= 0.6 is 46.1 Å². The van der Waals surface area contributed by atoms with Crippen molar-refractivity contribution in [2.24, 2.45) is 0 Å². The lowest BCUT2D eigenvalue weighted by atomic mass is 10.2. The fourth-order valence-corrected chi connectivity index (χ4v) is 4.50. The number of rotatable bonds is 0. The second-order valence-corrected chi connectivity index (χ2v) is 6.67. The largest absolute Gasteiger partial charge is 0.282 e. The van der Waals surface area contributed by atoms with Crippen LogP contribution in [0, 0.1) is 0 Å². The molecule has 0 N–H and O–H groups in total. The van der Waals surface area contributed by atoms with Crippen LogP contribution in [-0.2, 0) is 9.59 Å². The van der Waals surface area contributed by atoms with E-state index >= 15 is 0 Å². The highest BCUT2D eigenvalue weighted by Gasteiger charge is 2.24. The van der Waals surface area contributed by atoms with Crippen molar-refractivity contribution in [2.75, 3.05) is 0 Å². The molecule has 0 bridgehead atoms. The van der Waals surface area contributed by atoms with Crippen molar-refractivity contribution < 1.29 is 9.59 Å². The van der Waals surface area contributed by atoms with Gasteiger partial charge in [-0.15, -0.1) is 0 Å². The number of thioether (sulfide) groups is 2. The Morgan fingerprint density at radius 2 is 1.56 bits per heavy atom. The normalized spacial score (nSPS) is 18.1. The van der Waals surface area contributed by atoms with Gasteiger partial charge in [0.2, 0.25) is 10.2 Å². The van der Waals surface area contributed by atoms with E-state index in [2.05, 4.69) is 22.6 Å². The maximum atomic E-state index is 11.5. The van der Waals surface area contributed by atoms with Crippen LogP contribution in [0.15, 0.2) is 21.9 Å². The van der Waals surface area contributed by atoms with Gasteiger partial charge in [0.25, 0.3) is 0 Å². The van der Waals surface area contributed by atoms with Crippen LogP contribution in [0.5, 0.6) is 0 Å². The van der Waals surface area contributed by atoms with E-state index in [1.807, 2.05) is 19.1 Å². The van der Waals surface area contributed by atoms with Gasteiger partial charge in [-0.05, 0) is 70.4 Å². The molecule has 2 aliphatic heterocycles. The Morgan fingerprint density at radius 3 is 2.31 bits per heavy atom. The lowest BCUT2D eigenvalue weighted by Gasteiger charge is -1.94. The highest BCUT2D eigenvalue weighted by Crippen LogP contribution is 2.32. The molecule has 1 aromatic carbocycles. The highest BCUT2D eigenvalue weighted by atomic mass is 127. The van der Waals surface area contributed by atoms with Gasteiger partial charge in [-0.1, -0.05) is 0 Å². The fourth-order valence-electron chi connectivity index (χ4n) is 1.73. The summed E-state index contributed by atoms with van der Waals surface area (Å²) in [6.45, 7) is 1.84. The molecule has 1 aromatic rings. The zero-order valence-corrected chi connectivity index (χ0v) is 12.0. The van der Waals surface area contributed by atoms with Crippen molar-refractivity contribution in [3.8, 4) is 0 Å². The second kappa shape index (κ2) is 3.61. The van der Waals surface area contributed by atoms with E-state index in [4.69, 9.17) is 0 Å². The first-order valence-corrected chi connectivity index (χ1v) is 7.28.